The predicted molar refractivity (Wildman–Crippen MR) is 209 cm³/mol. The maximum absolute atomic E-state index is 6.43. The molecular formula is C46H26N4O2. The summed E-state index contributed by atoms with van der Waals surface area (Å²) >= 11 is 0. The molecular weight excluding hydrogens is 641 g/mol. The summed E-state index contributed by atoms with van der Waals surface area (Å²) in [6, 6.07) is 49.7. The fourth-order valence-corrected chi connectivity index (χ4v) is 7.67. The molecule has 0 aliphatic rings. The van der Waals surface area contributed by atoms with Crippen molar-refractivity contribution in [2.75, 3.05) is 0 Å². The Morgan fingerprint density at radius 2 is 0.962 bits per heavy atom. The number of fused-ring (bicyclic) bond motifs is 8. The van der Waals surface area contributed by atoms with E-state index in [9.17, 15) is 0 Å². The maximum atomic E-state index is 6.43. The molecule has 0 radical (unpaired) electrons. The lowest BCUT2D eigenvalue weighted by Gasteiger charge is -2.13. The first kappa shape index (κ1) is 28.6. The van der Waals surface area contributed by atoms with E-state index in [1.54, 1.807) is 0 Å². The zero-order valence-corrected chi connectivity index (χ0v) is 27.6. The Bertz CT molecular complexity index is 3200. The minimum absolute atomic E-state index is 0.589. The molecule has 4 aromatic heterocycles. The van der Waals surface area contributed by atoms with Crippen molar-refractivity contribution >= 4 is 65.4 Å². The summed E-state index contributed by atoms with van der Waals surface area (Å²) in [6.07, 6.45) is 3.71. The summed E-state index contributed by atoms with van der Waals surface area (Å²) in [7, 11) is 0. The molecule has 6 heteroatoms. The van der Waals surface area contributed by atoms with Crippen molar-refractivity contribution in [2.24, 2.45) is 0 Å². The number of para-hydroxylation sites is 1. The number of furan rings is 2. The molecule has 0 N–H and O–H groups in total. The number of rotatable bonds is 4. The molecule has 0 spiro atoms. The Hall–Kier alpha value is -7.18. The molecule has 0 saturated heterocycles. The van der Waals surface area contributed by atoms with Crippen molar-refractivity contribution in [3.05, 3.63) is 158 Å². The van der Waals surface area contributed by atoms with E-state index >= 15 is 0 Å². The van der Waals surface area contributed by atoms with Crippen molar-refractivity contribution in [3.63, 3.8) is 0 Å². The second-order valence-corrected chi connectivity index (χ2v) is 13.0. The molecule has 0 bridgehead atoms. The predicted octanol–water partition coefficient (Wildman–Crippen LogP) is 12.0. The first-order valence-corrected chi connectivity index (χ1v) is 17.2. The van der Waals surface area contributed by atoms with Crippen LogP contribution in [-0.2, 0) is 0 Å². The van der Waals surface area contributed by atoms with Gasteiger partial charge in [-0.3, -0.25) is 4.98 Å². The monoisotopic (exact) mass is 666 g/mol. The minimum Gasteiger partial charge on any atom is -0.456 e. The van der Waals surface area contributed by atoms with Crippen molar-refractivity contribution < 1.29 is 8.83 Å². The van der Waals surface area contributed by atoms with Crippen LogP contribution in [0.1, 0.15) is 0 Å². The van der Waals surface area contributed by atoms with Gasteiger partial charge in [0.1, 0.15) is 22.3 Å². The number of benzene rings is 7. The summed E-state index contributed by atoms with van der Waals surface area (Å²) in [6.45, 7) is 0. The van der Waals surface area contributed by atoms with E-state index in [0.717, 1.165) is 93.2 Å². The summed E-state index contributed by atoms with van der Waals surface area (Å²) < 4.78 is 12.7. The van der Waals surface area contributed by atoms with Crippen molar-refractivity contribution in [1.82, 2.24) is 19.9 Å². The van der Waals surface area contributed by atoms with Crippen LogP contribution in [0, 0.1) is 0 Å². The van der Waals surface area contributed by atoms with Gasteiger partial charge in [-0.2, -0.15) is 0 Å². The Kier molecular flexibility index (Phi) is 6.15. The zero-order chi connectivity index (χ0) is 34.2. The van der Waals surface area contributed by atoms with Gasteiger partial charge >= 0.3 is 0 Å². The minimum atomic E-state index is 0.589. The van der Waals surface area contributed by atoms with E-state index < -0.39 is 0 Å². The number of nitrogens with zero attached hydrogens (tertiary/aromatic N) is 4. The molecule has 0 aliphatic heterocycles. The largest absolute Gasteiger partial charge is 0.456 e. The topological polar surface area (TPSA) is 77.8 Å². The van der Waals surface area contributed by atoms with Gasteiger partial charge in [-0.05, 0) is 63.7 Å². The maximum Gasteiger partial charge on any atom is 0.164 e. The molecule has 0 fully saturated rings. The smallest absolute Gasteiger partial charge is 0.164 e. The first-order chi connectivity index (χ1) is 25.8. The fraction of sp³-hybridized carbons (Fsp3) is 0. The third-order valence-electron chi connectivity index (χ3n) is 10.0. The molecule has 4 heterocycles. The van der Waals surface area contributed by atoms with Crippen LogP contribution in [0.2, 0.25) is 0 Å². The Morgan fingerprint density at radius 3 is 1.81 bits per heavy atom. The van der Waals surface area contributed by atoms with Crippen LogP contribution in [-0.4, -0.2) is 19.9 Å². The van der Waals surface area contributed by atoms with E-state index in [4.69, 9.17) is 23.8 Å². The highest BCUT2D eigenvalue weighted by atomic mass is 16.3. The van der Waals surface area contributed by atoms with Gasteiger partial charge in [-0.1, -0.05) is 109 Å². The Labute approximate surface area is 296 Å². The van der Waals surface area contributed by atoms with Gasteiger partial charge in [0.2, 0.25) is 0 Å². The van der Waals surface area contributed by atoms with Crippen LogP contribution in [0.5, 0.6) is 0 Å². The molecule has 0 amide bonds. The summed E-state index contributed by atoms with van der Waals surface area (Å²) in [4.78, 5) is 19.7. The third-order valence-corrected chi connectivity index (χ3v) is 10.0. The highest BCUT2D eigenvalue weighted by Gasteiger charge is 2.20. The highest BCUT2D eigenvalue weighted by Crippen LogP contribution is 2.42. The van der Waals surface area contributed by atoms with Gasteiger partial charge < -0.3 is 8.83 Å². The Morgan fingerprint density at radius 1 is 0.365 bits per heavy atom. The van der Waals surface area contributed by atoms with E-state index in [1.807, 2.05) is 85.2 Å². The molecule has 6 nitrogen and oxygen atoms in total. The molecule has 0 aliphatic carbocycles. The number of hydrogen-bond donors (Lipinski definition) is 0. The number of hydrogen-bond acceptors (Lipinski definition) is 6. The average molecular weight is 667 g/mol. The quantitative estimate of drug-likeness (QED) is 0.186. The first-order valence-electron chi connectivity index (χ1n) is 17.2. The van der Waals surface area contributed by atoms with Crippen LogP contribution < -0.4 is 0 Å². The SMILES string of the molecule is c1ccc(-c2nc(-c3cccc4c(-c5cccc6oc7cc8cnccc8cc7c56)cccc34)nc(-c3cccc4oc5ccccc5c34)n2)cc1. The molecule has 7 aromatic carbocycles. The van der Waals surface area contributed by atoms with Gasteiger partial charge in [0, 0.05) is 56.0 Å². The van der Waals surface area contributed by atoms with Gasteiger partial charge in [-0.25, -0.2) is 15.0 Å². The van der Waals surface area contributed by atoms with Crippen molar-refractivity contribution in [1.29, 1.82) is 0 Å². The van der Waals surface area contributed by atoms with E-state index in [2.05, 4.69) is 77.8 Å². The molecule has 242 valence electrons. The lowest BCUT2D eigenvalue weighted by atomic mass is 9.92. The summed E-state index contributed by atoms with van der Waals surface area (Å²) in [5.74, 6) is 1.80. The summed E-state index contributed by atoms with van der Waals surface area (Å²) in [5, 5.41) is 8.49. The average Bonchev–Trinajstić information content (AvgIpc) is 3.77. The van der Waals surface area contributed by atoms with Crippen LogP contribution in [0.4, 0.5) is 0 Å². The molecule has 0 atom stereocenters. The second-order valence-electron chi connectivity index (χ2n) is 13.0. The molecule has 0 unspecified atom stereocenters. The van der Waals surface area contributed by atoms with Crippen molar-refractivity contribution in [2.45, 2.75) is 0 Å². The van der Waals surface area contributed by atoms with Crippen LogP contribution in [0.3, 0.4) is 0 Å². The normalized spacial score (nSPS) is 11.8. The second kappa shape index (κ2) is 11.2. The fourth-order valence-electron chi connectivity index (χ4n) is 7.67. The van der Waals surface area contributed by atoms with Crippen LogP contribution in [0.15, 0.2) is 167 Å². The lowest BCUT2D eigenvalue weighted by molar-refractivity contribution is 0.669. The van der Waals surface area contributed by atoms with E-state index in [-0.39, 0.29) is 0 Å². The highest BCUT2D eigenvalue weighted by molar-refractivity contribution is 6.18. The molecule has 11 aromatic rings. The zero-order valence-electron chi connectivity index (χ0n) is 27.6. The van der Waals surface area contributed by atoms with E-state index in [0.29, 0.717) is 17.5 Å². The standard InChI is InChI=1S/C46H26N4O2/c1-2-10-27(11-3-1)44-48-45(50-46(49-44)36-18-9-21-40-43(36)35-12-4-5-19-38(35)51-40)34-17-7-13-30-31(14-6-15-32(30)34)33-16-8-20-39-42(33)37-24-28-22-23-47-26-29(28)25-41(37)52-39/h1-26H. The molecule has 52 heavy (non-hydrogen) atoms. The van der Waals surface area contributed by atoms with E-state index in [1.165, 1.54) is 0 Å². The molecule has 11 rings (SSSR count). The van der Waals surface area contributed by atoms with Crippen LogP contribution in [0.25, 0.3) is 111 Å². The van der Waals surface area contributed by atoms with Gasteiger partial charge in [0.05, 0.1) is 0 Å². The van der Waals surface area contributed by atoms with Crippen LogP contribution >= 0.6 is 0 Å². The lowest BCUT2D eigenvalue weighted by Crippen LogP contribution is -2.01. The third kappa shape index (κ3) is 4.38. The van der Waals surface area contributed by atoms with Gasteiger partial charge in [0.25, 0.3) is 0 Å². The number of aromatic nitrogens is 4. The van der Waals surface area contributed by atoms with Gasteiger partial charge in [0.15, 0.2) is 17.5 Å². The molecule has 0 saturated carbocycles. The summed E-state index contributed by atoms with van der Waals surface area (Å²) in [5.41, 5.74) is 8.26. The Balaban J connectivity index is 1.15. The van der Waals surface area contributed by atoms with Crippen molar-refractivity contribution in [3.8, 4) is 45.3 Å². The van der Waals surface area contributed by atoms with Gasteiger partial charge in [-0.15, -0.1) is 0 Å². The number of pyridine rings is 1.